The highest BCUT2D eigenvalue weighted by atomic mass is 19.1. The second-order valence-electron chi connectivity index (χ2n) is 13.0. The van der Waals surface area contributed by atoms with Crippen molar-refractivity contribution in [3.63, 3.8) is 0 Å². The normalized spacial score (nSPS) is 21.6. The first-order valence-corrected chi connectivity index (χ1v) is 15.8. The van der Waals surface area contributed by atoms with E-state index in [-0.39, 0.29) is 18.3 Å². The van der Waals surface area contributed by atoms with Crippen LogP contribution in [0.5, 0.6) is 0 Å². The van der Waals surface area contributed by atoms with E-state index < -0.39 is 17.5 Å². The second kappa shape index (κ2) is 13.1. The van der Waals surface area contributed by atoms with Crippen LogP contribution in [0.15, 0.2) is 54.6 Å². The summed E-state index contributed by atoms with van der Waals surface area (Å²) < 4.78 is 33.0. The monoisotopic (exact) mass is 616 g/mol. The van der Waals surface area contributed by atoms with E-state index in [0.29, 0.717) is 59.0 Å². The quantitative estimate of drug-likeness (QED) is 0.156. The number of anilines is 3. The van der Waals surface area contributed by atoms with Crippen molar-refractivity contribution in [3.05, 3.63) is 88.5 Å². The number of benzene rings is 3. The Kier molecular flexibility index (Phi) is 9.05. The molecule has 3 aromatic carbocycles. The molecule has 0 spiro atoms. The largest absolute Gasteiger partial charge is 0.398 e. The number of fused-ring (bicyclic) bond motifs is 1. The van der Waals surface area contributed by atoms with Gasteiger partial charge in [-0.1, -0.05) is 6.07 Å². The van der Waals surface area contributed by atoms with Gasteiger partial charge in [-0.25, -0.2) is 8.78 Å². The fourth-order valence-corrected chi connectivity index (χ4v) is 7.14. The van der Waals surface area contributed by atoms with Crippen molar-refractivity contribution in [2.45, 2.75) is 44.2 Å². The predicted octanol–water partition coefficient (Wildman–Crippen LogP) is 5.26. The van der Waals surface area contributed by atoms with E-state index in [4.69, 9.17) is 15.9 Å². The van der Waals surface area contributed by atoms with Gasteiger partial charge in [0.2, 0.25) is 0 Å². The molecule has 0 aromatic heterocycles. The van der Waals surface area contributed by atoms with Crippen molar-refractivity contribution in [3.8, 4) is 0 Å². The standard InChI is InChI=1S/C35H42F2N6O2/c1-42(2)29-15-23-19-43(20-24(23)16-29)28-4-5-30(33(18-28)40-27-7-9-45-10-8-27)35(44)41-34(39)31-14-21(3-6-32(31)38)11-22-12-25(36)17-26(37)13-22/h3-6,12-14,17-18,23-24,27,29,40H,7-11,15-16,19-20,38H2,1-2H3,(H2,39,41,44). The number of nitrogens with zero attached hydrogens (tertiary/aromatic N) is 2. The lowest BCUT2D eigenvalue weighted by molar-refractivity contribution is 0.0904. The first-order valence-electron chi connectivity index (χ1n) is 15.8. The molecule has 1 amide bonds. The Balaban J connectivity index is 1.20. The van der Waals surface area contributed by atoms with Gasteiger partial charge in [-0.15, -0.1) is 0 Å². The minimum atomic E-state index is -0.651. The van der Waals surface area contributed by atoms with Crippen LogP contribution in [0, 0.1) is 28.9 Å². The van der Waals surface area contributed by atoms with Crippen LogP contribution in [0.1, 0.15) is 52.7 Å². The third-order valence-corrected chi connectivity index (χ3v) is 9.61. The first kappa shape index (κ1) is 31.0. The van der Waals surface area contributed by atoms with E-state index in [1.54, 1.807) is 18.2 Å². The number of amides is 1. The summed E-state index contributed by atoms with van der Waals surface area (Å²) in [6.45, 7) is 3.37. The summed E-state index contributed by atoms with van der Waals surface area (Å²) in [7, 11) is 4.34. The number of nitrogens with one attached hydrogen (secondary N) is 3. The maximum atomic E-state index is 13.7. The number of hydrogen-bond donors (Lipinski definition) is 4. The van der Waals surface area contributed by atoms with E-state index in [0.717, 1.165) is 43.4 Å². The third-order valence-electron chi connectivity index (χ3n) is 9.61. The SMILES string of the molecule is CN(C)C1CC2CN(c3ccc(C(=O)NC(=N)c4cc(Cc5cc(F)cc(F)c5)ccc4N)c(NC4CCOCC4)c3)CC2C1. The van der Waals surface area contributed by atoms with Crippen LogP contribution < -0.4 is 21.3 Å². The first-order chi connectivity index (χ1) is 21.6. The molecule has 6 rings (SSSR count). The number of rotatable bonds is 8. The highest BCUT2D eigenvalue weighted by molar-refractivity contribution is 6.15. The minimum Gasteiger partial charge on any atom is -0.398 e. The Morgan fingerprint density at radius 2 is 1.64 bits per heavy atom. The van der Waals surface area contributed by atoms with Gasteiger partial charge in [-0.2, -0.15) is 0 Å². The summed E-state index contributed by atoms with van der Waals surface area (Å²) in [6.07, 6.45) is 4.37. The number of nitrogens with two attached hydrogens (primary N) is 1. The molecule has 3 fully saturated rings. The van der Waals surface area contributed by atoms with Gasteiger partial charge in [-0.05, 0) is 112 Å². The molecule has 0 bridgehead atoms. The minimum absolute atomic E-state index is 0.145. The van der Waals surface area contributed by atoms with E-state index in [2.05, 4.69) is 40.6 Å². The molecule has 2 saturated heterocycles. The lowest BCUT2D eigenvalue weighted by atomic mass is 10.0. The fourth-order valence-electron chi connectivity index (χ4n) is 7.14. The van der Waals surface area contributed by atoms with Gasteiger partial charge in [0.25, 0.3) is 5.91 Å². The Labute approximate surface area is 263 Å². The van der Waals surface area contributed by atoms with Gasteiger partial charge in [0.05, 0.1) is 5.56 Å². The average Bonchev–Trinajstić information content (AvgIpc) is 3.58. The van der Waals surface area contributed by atoms with Crippen molar-refractivity contribution in [1.82, 2.24) is 10.2 Å². The molecule has 2 atom stereocenters. The smallest absolute Gasteiger partial charge is 0.258 e. The molecule has 2 heterocycles. The number of carbonyl (C=O) groups is 1. The molecule has 1 saturated carbocycles. The van der Waals surface area contributed by atoms with Crippen LogP contribution >= 0.6 is 0 Å². The van der Waals surface area contributed by atoms with E-state index in [1.807, 2.05) is 12.1 Å². The summed E-state index contributed by atoms with van der Waals surface area (Å²) in [5.74, 6) is -0.508. The molecule has 2 unspecified atom stereocenters. The Morgan fingerprint density at radius 1 is 0.956 bits per heavy atom. The molecule has 10 heteroatoms. The molecule has 8 nitrogen and oxygen atoms in total. The molecule has 5 N–H and O–H groups in total. The molecule has 1 aliphatic carbocycles. The predicted molar refractivity (Wildman–Crippen MR) is 174 cm³/mol. The van der Waals surface area contributed by atoms with Gasteiger partial charge in [0.15, 0.2) is 0 Å². The zero-order valence-electron chi connectivity index (χ0n) is 25.9. The fraction of sp³-hybridized carbons (Fsp3) is 0.429. The summed E-state index contributed by atoms with van der Waals surface area (Å²) in [4.78, 5) is 18.5. The zero-order valence-corrected chi connectivity index (χ0v) is 25.9. The topological polar surface area (TPSA) is 107 Å². The van der Waals surface area contributed by atoms with Crippen LogP contribution in [-0.2, 0) is 11.2 Å². The Bertz CT molecular complexity index is 1540. The van der Waals surface area contributed by atoms with Crippen LogP contribution in [0.25, 0.3) is 0 Å². The average molecular weight is 617 g/mol. The highest BCUT2D eigenvalue weighted by Gasteiger charge is 2.41. The summed E-state index contributed by atoms with van der Waals surface area (Å²) in [6, 6.07) is 15.2. The summed E-state index contributed by atoms with van der Waals surface area (Å²) >= 11 is 0. The summed E-state index contributed by atoms with van der Waals surface area (Å²) in [5.41, 5.74) is 10.3. The van der Waals surface area contributed by atoms with Gasteiger partial charge in [-0.3, -0.25) is 10.2 Å². The van der Waals surface area contributed by atoms with Gasteiger partial charge >= 0.3 is 0 Å². The van der Waals surface area contributed by atoms with E-state index >= 15 is 0 Å². The molecule has 0 radical (unpaired) electrons. The summed E-state index contributed by atoms with van der Waals surface area (Å²) in [5, 5.41) is 15.1. The number of hydrogen-bond acceptors (Lipinski definition) is 7. The number of halogens is 2. The van der Waals surface area contributed by atoms with E-state index in [9.17, 15) is 13.6 Å². The van der Waals surface area contributed by atoms with Crippen LogP contribution in [-0.4, -0.2) is 69.1 Å². The zero-order chi connectivity index (χ0) is 31.7. The number of nitrogen functional groups attached to an aromatic ring is 1. The molecule has 3 aliphatic rings. The number of carbonyl (C=O) groups excluding carboxylic acids is 1. The molecule has 45 heavy (non-hydrogen) atoms. The maximum Gasteiger partial charge on any atom is 0.258 e. The number of ether oxygens (including phenoxy) is 1. The molecule has 3 aromatic rings. The maximum absolute atomic E-state index is 13.7. The van der Waals surface area contributed by atoms with Crippen molar-refractivity contribution in [2.24, 2.45) is 11.8 Å². The van der Waals surface area contributed by atoms with Gasteiger partial charge < -0.3 is 30.9 Å². The number of amidine groups is 1. The molecular weight excluding hydrogens is 574 g/mol. The highest BCUT2D eigenvalue weighted by Crippen LogP contribution is 2.42. The third kappa shape index (κ3) is 7.12. The van der Waals surface area contributed by atoms with E-state index in [1.165, 1.54) is 25.0 Å². The van der Waals surface area contributed by atoms with Gasteiger partial charge in [0.1, 0.15) is 17.5 Å². The van der Waals surface area contributed by atoms with Crippen LogP contribution in [0.4, 0.5) is 25.8 Å². The second-order valence-corrected chi connectivity index (χ2v) is 13.0. The van der Waals surface area contributed by atoms with Crippen molar-refractivity contribution in [2.75, 3.05) is 56.3 Å². The Morgan fingerprint density at radius 3 is 2.31 bits per heavy atom. The van der Waals surface area contributed by atoms with Crippen molar-refractivity contribution >= 4 is 28.8 Å². The lowest BCUT2D eigenvalue weighted by Crippen LogP contribution is -2.33. The lowest BCUT2D eigenvalue weighted by Gasteiger charge is -2.27. The Hall–Kier alpha value is -4.02. The van der Waals surface area contributed by atoms with Crippen molar-refractivity contribution < 1.29 is 18.3 Å². The molecular formula is C35H42F2N6O2. The molecule has 238 valence electrons. The van der Waals surface area contributed by atoms with Crippen molar-refractivity contribution in [1.29, 1.82) is 5.41 Å². The van der Waals surface area contributed by atoms with Crippen LogP contribution in [0.2, 0.25) is 0 Å². The van der Waals surface area contributed by atoms with Gasteiger partial charge in [0, 0.05) is 67.1 Å². The van der Waals surface area contributed by atoms with Crippen LogP contribution in [0.3, 0.4) is 0 Å². The molecule has 2 aliphatic heterocycles.